The second-order valence-corrected chi connectivity index (χ2v) is 2.63. The summed E-state index contributed by atoms with van der Waals surface area (Å²) in [4.78, 5) is 0. The van der Waals surface area contributed by atoms with Gasteiger partial charge in [-0.05, 0) is 13.0 Å². The van der Waals surface area contributed by atoms with Crippen molar-refractivity contribution in [2.45, 2.75) is 20.0 Å². The zero-order valence-corrected chi connectivity index (χ0v) is 7.45. The van der Waals surface area contributed by atoms with Crippen molar-refractivity contribution < 1.29 is 0 Å². The lowest BCUT2D eigenvalue weighted by Gasteiger charge is -1.98. The van der Waals surface area contributed by atoms with E-state index >= 15 is 0 Å². The first-order chi connectivity index (χ1) is 5.86. The van der Waals surface area contributed by atoms with Crippen LogP contribution in [0.2, 0.25) is 0 Å². The van der Waals surface area contributed by atoms with Gasteiger partial charge in [-0.15, -0.1) is 0 Å². The van der Waals surface area contributed by atoms with E-state index in [2.05, 4.69) is 17.3 Å². The lowest BCUT2D eigenvalue weighted by molar-refractivity contribution is 0.622. The Morgan fingerprint density at radius 2 is 2.50 bits per heavy atom. The van der Waals surface area contributed by atoms with Crippen LogP contribution in [-0.2, 0) is 13.1 Å². The lowest BCUT2D eigenvalue weighted by Crippen LogP contribution is -2.22. The standard InChI is InChI=1S/C8H16N4/c1-2-12-6-3-8(11-12)7-10-5-4-9/h3,6,10H,2,4-5,7,9H2,1H3. The molecule has 4 heteroatoms. The monoisotopic (exact) mass is 168 g/mol. The maximum absolute atomic E-state index is 5.34. The molecule has 0 amide bonds. The summed E-state index contributed by atoms with van der Waals surface area (Å²) in [6.45, 7) is 5.33. The molecule has 0 atom stereocenters. The minimum absolute atomic E-state index is 0.675. The molecule has 4 nitrogen and oxygen atoms in total. The quantitative estimate of drug-likeness (QED) is 0.606. The van der Waals surface area contributed by atoms with Crippen molar-refractivity contribution in [3.05, 3.63) is 18.0 Å². The first-order valence-corrected chi connectivity index (χ1v) is 4.30. The van der Waals surface area contributed by atoms with Gasteiger partial charge in [0, 0.05) is 32.4 Å². The summed E-state index contributed by atoms with van der Waals surface area (Å²) in [5, 5.41) is 7.50. The minimum Gasteiger partial charge on any atom is -0.329 e. The highest BCUT2D eigenvalue weighted by Gasteiger charge is 1.95. The topological polar surface area (TPSA) is 55.9 Å². The Labute approximate surface area is 72.8 Å². The van der Waals surface area contributed by atoms with Crippen LogP contribution in [0, 0.1) is 0 Å². The number of nitrogens with two attached hydrogens (primary N) is 1. The predicted octanol–water partition coefficient (Wildman–Crippen LogP) is -0.0487. The largest absolute Gasteiger partial charge is 0.329 e. The molecule has 0 aromatic carbocycles. The molecule has 1 heterocycles. The molecular weight excluding hydrogens is 152 g/mol. The molecular formula is C8H16N4. The highest BCUT2D eigenvalue weighted by molar-refractivity contribution is 4.98. The van der Waals surface area contributed by atoms with Crippen molar-refractivity contribution in [1.29, 1.82) is 0 Å². The summed E-state index contributed by atoms with van der Waals surface area (Å²) >= 11 is 0. The molecule has 12 heavy (non-hydrogen) atoms. The maximum atomic E-state index is 5.34. The van der Waals surface area contributed by atoms with Gasteiger partial charge >= 0.3 is 0 Å². The number of nitrogens with zero attached hydrogens (tertiary/aromatic N) is 2. The molecule has 1 aromatic heterocycles. The Kier molecular flexibility index (Phi) is 3.76. The third kappa shape index (κ3) is 2.64. The molecule has 68 valence electrons. The van der Waals surface area contributed by atoms with Crippen LogP contribution in [0.1, 0.15) is 12.6 Å². The van der Waals surface area contributed by atoms with Gasteiger partial charge in [-0.25, -0.2) is 0 Å². The van der Waals surface area contributed by atoms with Gasteiger partial charge in [0.05, 0.1) is 5.69 Å². The van der Waals surface area contributed by atoms with Crippen LogP contribution >= 0.6 is 0 Å². The smallest absolute Gasteiger partial charge is 0.0762 e. The third-order valence-electron chi connectivity index (χ3n) is 1.65. The Morgan fingerprint density at radius 1 is 1.67 bits per heavy atom. The van der Waals surface area contributed by atoms with Crippen molar-refractivity contribution in [3.8, 4) is 0 Å². The molecule has 1 aromatic rings. The predicted molar refractivity (Wildman–Crippen MR) is 48.7 cm³/mol. The van der Waals surface area contributed by atoms with E-state index in [1.165, 1.54) is 0 Å². The third-order valence-corrected chi connectivity index (χ3v) is 1.65. The summed E-state index contributed by atoms with van der Waals surface area (Å²) in [6, 6.07) is 2.02. The summed E-state index contributed by atoms with van der Waals surface area (Å²) in [7, 11) is 0. The van der Waals surface area contributed by atoms with Crippen LogP contribution in [-0.4, -0.2) is 22.9 Å². The molecule has 0 saturated heterocycles. The summed E-state index contributed by atoms with van der Waals surface area (Å²) in [6.07, 6.45) is 1.99. The normalized spacial score (nSPS) is 10.5. The number of rotatable bonds is 5. The number of hydrogen-bond acceptors (Lipinski definition) is 3. The second kappa shape index (κ2) is 4.90. The van der Waals surface area contributed by atoms with Crippen LogP contribution in [0.3, 0.4) is 0 Å². The van der Waals surface area contributed by atoms with Gasteiger partial charge in [0.1, 0.15) is 0 Å². The van der Waals surface area contributed by atoms with Crippen molar-refractivity contribution in [2.24, 2.45) is 5.73 Å². The Balaban J connectivity index is 2.31. The fourth-order valence-corrected chi connectivity index (χ4v) is 0.993. The van der Waals surface area contributed by atoms with E-state index in [4.69, 9.17) is 5.73 Å². The number of aromatic nitrogens is 2. The molecule has 0 aliphatic carbocycles. The number of hydrogen-bond donors (Lipinski definition) is 2. The molecule has 0 bridgehead atoms. The van der Waals surface area contributed by atoms with Crippen LogP contribution < -0.4 is 11.1 Å². The molecule has 0 aliphatic heterocycles. The number of nitrogens with one attached hydrogen (secondary N) is 1. The van der Waals surface area contributed by atoms with Gasteiger partial charge in [-0.2, -0.15) is 5.10 Å². The molecule has 0 aliphatic rings. The Hall–Kier alpha value is -0.870. The average molecular weight is 168 g/mol. The van der Waals surface area contributed by atoms with E-state index in [1.54, 1.807) is 0 Å². The highest BCUT2D eigenvalue weighted by atomic mass is 15.3. The van der Waals surface area contributed by atoms with E-state index in [9.17, 15) is 0 Å². The van der Waals surface area contributed by atoms with Crippen molar-refractivity contribution in [2.75, 3.05) is 13.1 Å². The van der Waals surface area contributed by atoms with Crippen LogP contribution in [0.5, 0.6) is 0 Å². The van der Waals surface area contributed by atoms with Gasteiger partial charge in [-0.1, -0.05) is 0 Å². The van der Waals surface area contributed by atoms with Crippen LogP contribution in [0.25, 0.3) is 0 Å². The summed E-state index contributed by atoms with van der Waals surface area (Å²) in [5.41, 5.74) is 6.41. The molecule has 3 N–H and O–H groups in total. The van der Waals surface area contributed by atoms with Crippen LogP contribution in [0.15, 0.2) is 12.3 Å². The van der Waals surface area contributed by atoms with E-state index < -0.39 is 0 Å². The molecule has 0 saturated carbocycles. The fraction of sp³-hybridized carbons (Fsp3) is 0.625. The zero-order valence-electron chi connectivity index (χ0n) is 7.45. The SMILES string of the molecule is CCn1ccc(CNCCN)n1. The highest BCUT2D eigenvalue weighted by Crippen LogP contribution is 1.93. The number of aryl methyl sites for hydroxylation is 1. The summed E-state index contributed by atoms with van der Waals surface area (Å²) < 4.78 is 1.92. The molecule has 1 rings (SSSR count). The second-order valence-electron chi connectivity index (χ2n) is 2.63. The molecule has 0 unspecified atom stereocenters. The van der Waals surface area contributed by atoms with Gasteiger partial charge in [-0.3, -0.25) is 4.68 Å². The van der Waals surface area contributed by atoms with E-state index in [-0.39, 0.29) is 0 Å². The molecule has 0 radical (unpaired) electrons. The van der Waals surface area contributed by atoms with Gasteiger partial charge in [0.2, 0.25) is 0 Å². The molecule has 0 fully saturated rings. The Bertz CT molecular complexity index is 219. The first-order valence-electron chi connectivity index (χ1n) is 4.30. The Morgan fingerprint density at radius 3 is 3.08 bits per heavy atom. The van der Waals surface area contributed by atoms with E-state index in [1.807, 2.05) is 16.9 Å². The first kappa shape index (κ1) is 9.22. The van der Waals surface area contributed by atoms with Crippen LogP contribution in [0.4, 0.5) is 0 Å². The maximum Gasteiger partial charge on any atom is 0.0762 e. The minimum atomic E-state index is 0.675. The van der Waals surface area contributed by atoms with Crippen molar-refractivity contribution >= 4 is 0 Å². The lowest BCUT2D eigenvalue weighted by atomic mass is 10.4. The van der Waals surface area contributed by atoms with Crippen molar-refractivity contribution in [1.82, 2.24) is 15.1 Å². The fourth-order valence-electron chi connectivity index (χ4n) is 0.993. The van der Waals surface area contributed by atoms with Gasteiger partial charge in [0.15, 0.2) is 0 Å². The molecule has 0 spiro atoms. The van der Waals surface area contributed by atoms with Crippen molar-refractivity contribution in [3.63, 3.8) is 0 Å². The van der Waals surface area contributed by atoms with E-state index in [0.29, 0.717) is 6.54 Å². The van der Waals surface area contributed by atoms with E-state index in [0.717, 1.165) is 25.3 Å². The van der Waals surface area contributed by atoms with Gasteiger partial charge in [0.25, 0.3) is 0 Å². The summed E-state index contributed by atoms with van der Waals surface area (Å²) in [5.74, 6) is 0. The van der Waals surface area contributed by atoms with Gasteiger partial charge < -0.3 is 11.1 Å². The zero-order chi connectivity index (χ0) is 8.81. The average Bonchev–Trinajstić information content (AvgIpc) is 2.53.